The van der Waals surface area contributed by atoms with E-state index >= 15 is 0 Å². The molecule has 0 spiro atoms. The van der Waals surface area contributed by atoms with Crippen molar-refractivity contribution in [1.29, 1.82) is 0 Å². The van der Waals surface area contributed by atoms with Crippen molar-refractivity contribution in [1.82, 2.24) is 5.32 Å². The van der Waals surface area contributed by atoms with E-state index in [-0.39, 0.29) is 12.0 Å². The second-order valence-electron chi connectivity index (χ2n) is 5.30. The number of primary amides is 1. The van der Waals surface area contributed by atoms with Gasteiger partial charge in [0, 0.05) is 15.6 Å². The minimum atomic E-state index is -4.48. The lowest BCUT2D eigenvalue weighted by Crippen LogP contribution is -2.46. The maximum atomic E-state index is 12.6. The fourth-order valence-corrected chi connectivity index (χ4v) is 2.77. The molecule has 2 amide bonds. The van der Waals surface area contributed by atoms with Gasteiger partial charge in [0.15, 0.2) is 0 Å². The molecule has 4 nitrogen and oxygen atoms in total. The Morgan fingerprint density at radius 2 is 1.68 bits per heavy atom. The lowest BCUT2D eigenvalue weighted by Gasteiger charge is -2.16. The number of rotatable bonds is 5. The second-order valence-corrected chi connectivity index (χ2v) is 6.46. The minimum Gasteiger partial charge on any atom is -0.368 e. The number of hydrogen-bond donors (Lipinski definition) is 2. The SMILES string of the molecule is NC(=O)[C@@H](Cc1ccccc1I)NC(=O)c1ccc(C(F)(F)F)cc1. The van der Waals surface area contributed by atoms with Gasteiger partial charge >= 0.3 is 6.18 Å². The fraction of sp³-hybridized carbons (Fsp3) is 0.176. The predicted octanol–water partition coefficient (Wildman–Crippen LogP) is 3.14. The zero-order chi connectivity index (χ0) is 18.6. The number of amides is 2. The number of nitrogens with two attached hydrogens (primary N) is 1. The van der Waals surface area contributed by atoms with Gasteiger partial charge in [-0.25, -0.2) is 0 Å². The van der Waals surface area contributed by atoms with Crippen LogP contribution in [0.1, 0.15) is 21.5 Å². The summed E-state index contributed by atoms with van der Waals surface area (Å²) >= 11 is 2.10. The van der Waals surface area contributed by atoms with E-state index in [9.17, 15) is 22.8 Å². The van der Waals surface area contributed by atoms with E-state index in [1.54, 1.807) is 6.07 Å². The Labute approximate surface area is 155 Å². The van der Waals surface area contributed by atoms with Crippen molar-refractivity contribution in [3.8, 4) is 0 Å². The van der Waals surface area contributed by atoms with Crippen molar-refractivity contribution in [2.75, 3.05) is 0 Å². The molecule has 0 aliphatic carbocycles. The molecule has 0 fully saturated rings. The van der Waals surface area contributed by atoms with Crippen molar-refractivity contribution in [2.45, 2.75) is 18.6 Å². The van der Waals surface area contributed by atoms with Gasteiger partial charge in [-0.05, 0) is 58.5 Å². The largest absolute Gasteiger partial charge is 0.416 e. The Morgan fingerprint density at radius 3 is 2.20 bits per heavy atom. The van der Waals surface area contributed by atoms with Crippen LogP contribution in [0.4, 0.5) is 13.2 Å². The third kappa shape index (κ3) is 5.18. The highest BCUT2D eigenvalue weighted by Gasteiger charge is 2.30. The van der Waals surface area contributed by atoms with Gasteiger partial charge in [-0.1, -0.05) is 18.2 Å². The molecule has 2 aromatic rings. The molecule has 0 radical (unpaired) electrons. The summed E-state index contributed by atoms with van der Waals surface area (Å²) in [4.78, 5) is 23.8. The van der Waals surface area contributed by atoms with E-state index in [4.69, 9.17) is 5.73 Å². The Morgan fingerprint density at radius 1 is 1.08 bits per heavy atom. The molecule has 1 atom stereocenters. The van der Waals surface area contributed by atoms with Crippen molar-refractivity contribution in [3.63, 3.8) is 0 Å². The third-order valence-corrected chi connectivity index (χ3v) is 4.56. The number of halogens is 4. The summed E-state index contributed by atoms with van der Waals surface area (Å²) in [7, 11) is 0. The Bertz CT molecular complexity index is 776. The summed E-state index contributed by atoms with van der Waals surface area (Å²) in [6, 6.07) is 10.1. The van der Waals surface area contributed by atoms with Gasteiger partial charge in [0.05, 0.1) is 5.56 Å². The zero-order valence-electron chi connectivity index (χ0n) is 12.8. The standard InChI is InChI=1S/C17H14F3IN2O2/c18-17(19,20)12-7-5-10(6-8-12)16(25)23-14(15(22)24)9-11-3-1-2-4-13(11)21/h1-8,14H,9H2,(H2,22,24)(H,23,25)/t14-/m1/s1. The molecule has 2 rings (SSSR count). The third-order valence-electron chi connectivity index (χ3n) is 3.51. The molecular weight excluding hydrogens is 448 g/mol. The van der Waals surface area contributed by atoms with Crippen molar-refractivity contribution < 1.29 is 22.8 Å². The summed E-state index contributed by atoms with van der Waals surface area (Å²) < 4.78 is 38.6. The molecule has 0 bridgehead atoms. The van der Waals surface area contributed by atoms with Gasteiger partial charge in [-0.3, -0.25) is 9.59 Å². The first kappa shape index (κ1) is 19.2. The monoisotopic (exact) mass is 462 g/mol. The normalized spacial score (nSPS) is 12.5. The average Bonchev–Trinajstić information content (AvgIpc) is 2.55. The summed E-state index contributed by atoms with van der Waals surface area (Å²) in [5.74, 6) is -1.39. The Kier molecular flexibility index (Phi) is 6.04. The highest BCUT2D eigenvalue weighted by molar-refractivity contribution is 14.1. The lowest BCUT2D eigenvalue weighted by atomic mass is 10.0. The minimum absolute atomic E-state index is 0.0157. The second kappa shape index (κ2) is 7.85. The summed E-state index contributed by atoms with van der Waals surface area (Å²) in [6.07, 6.45) is -4.28. The van der Waals surface area contributed by atoms with Crippen LogP contribution in [0.3, 0.4) is 0 Å². The molecule has 0 heterocycles. The maximum absolute atomic E-state index is 12.6. The highest BCUT2D eigenvalue weighted by atomic mass is 127. The van der Waals surface area contributed by atoms with E-state index in [1.807, 2.05) is 18.2 Å². The number of nitrogens with one attached hydrogen (secondary N) is 1. The highest BCUT2D eigenvalue weighted by Crippen LogP contribution is 2.29. The van der Waals surface area contributed by atoms with Gasteiger partial charge in [0.25, 0.3) is 5.91 Å². The molecular formula is C17H14F3IN2O2. The van der Waals surface area contributed by atoms with Gasteiger partial charge in [-0.15, -0.1) is 0 Å². The number of carbonyl (C=O) groups excluding carboxylic acids is 2. The Balaban J connectivity index is 2.13. The van der Waals surface area contributed by atoms with Crippen LogP contribution in [0.15, 0.2) is 48.5 Å². The molecule has 0 saturated heterocycles. The van der Waals surface area contributed by atoms with Crippen LogP contribution in [0.25, 0.3) is 0 Å². The van der Waals surface area contributed by atoms with Crippen LogP contribution in [-0.4, -0.2) is 17.9 Å². The molecule has 0 aromatic heterocycles. The van der Waals surface area contributed by atoms with E-state index in [0.29, 0.717) is 0 Å². The maximum Gasteiger partial charge on any atom is 0.416 e. The lowest BCUT2D eigenvalue weighted by molar-refractivity contribution is -0.137. The predicted molar refractivity (Wildman–Crippen MR) is 94.8 cm³/mol. The van der Waals surface area contributed by atoms with Crippen molar-refractivity contribution in [3.05, 3.63) is 68.8 Å². The van der Waals surface area contributed by atoms with Gasteiger partial charge < -0.3 is 11.1 Å². The molecule has 2 aromatic carbocycles. The smallest absolute Gasteiger partial charge is 0.368 e. The molecule has 3 N–H and O–H groups in total. The molecule has 0 saturated carbocycles. The molecule has 0 aliphatic rings. The van der Waals surface area contributed by atoms with E-state index in [0.717, 1.165) is 33.4 Å². The van der Waals surface area contributed by atoms with Gasteiger partial charge in [-0.2, -0.15) is 13.2 Å². The topological polar surface area (TPSA) is 72.2 Å². The van der Waals surface area contributed by atoms with Crippen LogP contribution in [-0.2, 0) is 17.4 Å². The van der Waals surface area contributed by atoms with Gasteiger partial charge in [0.2, 0.25) is 5.91 Å². The van der Waals surface area contributed by atoms with Crippen LogP contribution < -0.4 is 11.1 Å². The number of carbonyl (C=O) groups is 2. The fourth-order valence-electron chi connectivity index (χ4n) is 2.16. The number of alkyl halides is 3. The summed E-state index contributed by atoms with van der Waals surface area (Å²) in [6.45, 7) is 0. The van der Waals surface area contributed by atoms with Crippen LogP contribution in [0.2, 0.25) is 0 Å². The quantitative estimate of drug-likeness (QED) is 0.671. The summed E-state index contributed by atoms with van der Waals surface area (Å²) in [5.41, 5.74) is 5.33. The first-order valence-corrected chi connectivity index (χ1v) is 8.27. The van der Waals surface area contributed by atoms with Crippen molar-refractivity contribution in [2.24, 2.45) is 5.73 Å². The van der Waals surface area contributed by atoms with E-state index in [2.05, 4.69) is 27.9 Å². The van der Waals surface area contributed by atoms with Crippen molar-refractivity contribution >= 4 is 34.4 Å². The molecule has 132 valence electrons. The van der Waals surface area contributed by atoms with Crippen LogP contribution in [0, 0.1) is 3.57 Å². The average molecular weight is 462 g/mol. The number of benzene rings is 2. The zero-order valence-corrected chi connectivity index (χ0v) is 15.0. The van der Waals surface area contributed by atoms with E-state index < -0.39 is 29.6 Å². The van der Waals surface area contributed by atoms with E-state index in [1.165, 1.54) is 0 Å². The molecule has 0 aliphatic heterocycles. The number of hydrogen-bond acceptors (Lipinski definition) is 2. The molecule has 0 unspecified atom stereocenters. The molecule has 25 heavy (non-hydrogen) atoms. The van der Waals surface area contributed by atoms with Crippen LogP contribution in [0.5, 0.6) is 0 Å². The van der Waals surface area contributed by atoms with Gasteiger partial charge in [0.1, 0.15) is 6.04 Å². The van der Waals surface area contributed by atoms with Crippen LogP contribution >= 0.6 is 22.6 Å². The first-order valence-electron chi connectivity index (χ1n) is 7.19. The first-order chi connectivity index (χ1) is 11.7. The summed E-state index contributed by atoms with van der Waals surface area (Å²) in [5, 5.41) is 2.47. The molecule has 8 heteroatoms. The Hall–Kier alpha value is -2.10.